The van der Waals surface area contributed by atoms with Crippen molar-refractivity contribution in [1.82, 2.24) is 0 Å². The molecule has 0 spiro atoms. The summed E-state index contributed by atoms with van der Waals surface area (Å²) in [6.07, 6.45) is 0. The first-order valence-electron chi connectivity index (χ1n) is 5.58. The number of benzene rings is 2. The van der Waals surface area contributed by atoms with E-state index in [0.29, 0.717) is 11.6 Å². The smallest absolute Gasteiger partial charge is 0.272 e. The molecule has 4 nitrogen and oxygen atoms in total. The van der Waals surface area contributed by atoms with Crippen LogP contribution in [0, 0.1) is 10.1 Å². The van der Waals surface area contributed by atoms with Gasteiger partial charge >= 0.3 is 0 Å². The van der Waals surface area contributed by atoms with Gasteiger partial charge in [-0.05, 0) is 17.7 Å². The second kappa shape index (κ2) is 6.83. The molecule has 0 amide bonds. The fourth-order valence-corrected chi connectivity index (χ4v) is 3.01. The molecule has 0 radical (unpaired) electrons. The summed E-state index contributed by atoms with van der Waals surface area (Å²) >= 11 is 21.1. The van der Waals surface area contributed by atoms with Gasteiger partial charge in [-0.1, -0.05) is 45.2 Å². The van der Waals surface area contributed by atoms with Crippen LogP contribution in [0.1, 0.15) is 5.56 Å². The number of nitrogens with zero attached hydrogens (tertiary/aromatic N) is 1. The highest BCUT2D eigenvalue weighted by Crippen LogP contribution is 2.40. The minimum atomic E-state index is -0.576. The molecule has 2 aromatic rings. The minimum absolute atomic E-state index is 0.0618. The van der Waals surface area contributed by atoms with Crippen LogP contribution in [0.5, 0.6) is 11.5 Å². The minimum Gasteiger partial charge on any atom is -0.454 e. The second-order valence-corrected chi connectivity index (χ2v) is 5.92. The van der Waals surface area contributed by atoms with E-state index >= 15 is 0 Å². The number of hydrogen-bond acceptors (Lipinski definition) is 3. The Morgan fingerprint density at radius 1 is 1.19 bits per heavy atom. The molecule has 0 unspecified atom stereocenters. The molecule has 0 aliphatic heterocycles. The molecule has 0 bridgehead atoms. The predicted molar refractivity (Wildman–Crippen MR) is 86.9 cm³/mol. The Labute approximate surface area is 143 Å². The van der Waals surface area contributed by atoms with Crippen LogP contribution in [0.4, 0.5) is 5.69 Å². The van der Waals surface area contributed by atoms with Crippen molar-refractivity contribution in [2.75, 3.05) is 0 Å². The molecule has 0 aliphatic rings. The van der Waals surface area contributed by atoms with Crippen LogP contribution in [0.3, 0.4) is 0 Å². The molecule has 0 saturated heterocycles. The molecular weight excluding hydrogens is 404 g/mol. The molecule has 0 fully saturated rings. The third-order valence-electron chi connectivity index (χ3n) is 2.58. The number of nitro benzene ring substituents is 1. The average Bonchev–Trinajstić information content (AvgIpc) is 2.42. The van der Waals surface area contributed by atoms with E-state index < -0.39 is 4.92 Å². The van der Waals surface area contributed by atoms with Crippen molar-refractivity contribution in [1.29, 1.82) is 0 Å². The van der Waals surface area contributed by atoms with Crippen LogP contribution in [0.25, 0.3) is 0 Å². The quantitative estimate of drug-likeness (QED) is 0.342. The van der Waals surface area contributed by atoms with Gasteiger partial charge < -0.3 is 4.74 Å². The number of hydrogen-bond donors (Lipinski definition) is 0. The maximum atomic E-state index is 10.7. The molecule has 8 heteroatoms. The van der Waals surface area contributed by atoms with Crippen LogP contribution in [0.15, 0.2) is 34.8 Å². The predicted octanol–water partition coefficient (Wildman–Crippen LogP) is 6.20. The first-order chi connectivity index (χ1) is 9.92. The maximum absolute atomic E-state index is 10.7. The number of rotatable bonds is 4. The maximum Gasteiger partial charge on any atom is 0.272 e. The molecule has 0 N–H and O–H groups in total. The Kier molecular flexibility index (Phi) is 5.32. The third kappa shape index (κ3) is 3.80. The lowest BCUT2D eigenvalue weighted by atomic mass is 10.2. The standard InChI is InChI=1S/C13H7BrCl3NO3/c14-10-5-9(2-1-7(10)6-15)21-13-11(16)3-8(18(19)20)4-12(13)17/h1-5H,6H2. The summed E-state index contributed by atoms with van der Waals surface area (Å²) in [6, 6.07) is 7.58. The zero-order valence-corrected chi connectivity index (χ0v) is 14.1. The third-order valence-corrected chi connectivity index (χ3v) is 4.17. The van der Waals surface area contributed by atoms with Crippen molar-refractivity contribution < 1.29 is 9.66 Å². The molecule has 0 atom stereocenters. The summed E-state index contributed by atoms with van der Waals surface area (Å²) in [5.74, 6) is 1.00. The number of ether oxygens (including phenoxy) is 1. The largest absolute Gasteiger partial charge is 0.454 e. The zero-order chi connectivity index (χ0) is 15.6. The Hall–Kier alpha value is -1.01. The number of non-ortho nitro benzene ring substituents is 1. The van der Waals surface area contributed by atoms with Gasteiger partial charge in [0.2, 0.25) is 0 Å². The lowest BCUT2D eigenvalue weighted by molar-refractivity contribution is -0.384. The van der Waals surface area contributed by atoms with Crippen LogP contribution < -0.4 is 4.74 Å². The van der Waals surface area contributed by atoms with Gasteiger partial charge in [0.15, 0.2) is 5.75 Å². The van der Waals surface area contributed by atoms with E-state index in [1.165, 1.54) is 12.1 Å². The molecule has 0 aromatic heterocycles. The van der Waals surface area contributed by atoms with Crippen molar-refractivity contribution >= 4 is 56.4 Å². The van der Waals surface area contributed by atoms with E-state index in [0.717, 1.165) is 10.0 Å². The first-order valence-corrected chi connectivity index (χ1v) is 7.66. The lowest BCUT2D eigenvalue weighted by Crippen LogP contribution is -1.92. The molecule has 0 heterocycles. The molecular formula is C13H7BrCl3NO3. The molecule has 21 heavy (non-hydrogen) atoms. The van der Waals surface area contributed by atoms with Gasteiger partial charge in [-0.3, -0.25) is 10.1 Å². The van der Waals surface area contributed by atoms with Crippen molar-refractivity contribution in [3.05, 3.63) is 60.5 Å². The SMILES string of the molecule is O=[N+]([O-])c1cc(Cl)c(Oc2ccc(CCl)c(Br)c2)c(Cl)c1. The van der Waals surface area contributed by atoms with E-state index in [4.69, 9.17) is 39.5 Å². The molecule has 2 aromatic carbocycles. The van der Waals surface area contributed by atoms with Crippen LogP contribution >= 0.6 is 50.7 Å². The Morgan fingerprint density at radius 2 is 1.81 bits per heavy atom. The summed E-state index contributed by atoms with van der Waals surface area (Å²) in [6.45, 7) is 0. The summed E-state index contributed by atoms with van der Waals surface area (Å²) < 4.78 is 6.38. The summed E-state index contributed by atoms with van der Waals surface area (Å²) in [5.41, 5.74) is 0.709. The molecule has 2 rings (SSSR count). The first kappa shape index (κ1) is 16.4. The fraction of sp³-hybridized carbons (Fsp3) is 0.0769. The van der Waals surface area contributed by atoms with E-state index in [1.807, 2.05) is 0 Å². The van der Waals surface area contributed by atoms with Gasteiger partial charge in [-0.2, -0.15) is 0 Å². The highest BCUT2D eigenvalue weighted by atomic mass is 79.9. The van der Waals surface area contributed by atoms with Gasteiger partial charge in [-0.15, -0.1) is 11.6 Å². The number of alkyl halides is 1. The normalized spacial score (nSPS) is 10.5. The van der Waals surface area contributed by atoms with Gasteiger partial charge in [-0.25, -0.2) is 0 Å². The highest BCUT2D eigenvalue weighted by molar-refractivity contribution is 9.10. The lowest BCUT2D eigenvalue weighted by Gasteiger charge is -2.10. The van der Waals surface area contributed by atoms with Crippen LogP contribution in [-0.4, -0.2) is 4.92 Å². The summed E-state index contributed by atoms with van der Waals surface area (Å²) in [7, 11) is 0. The number of nitro groups is 1. The topological polar surface area (TPSA) is 52.4 Å². The monoisotopic (exact) mass is 409 g/mol. The van der Waals surface area contributed by atoms with Gasteiger partial charge in [0, 0.05) is 22.5 Å². The Bertz CT molecular complexity index is 686. The van der Waals surface area contributed by atoms with Crippen LogP contribution in [-0.2, 0) is 5.88 Å². The molecule has 110 valence electrons. The highest BCUT2D eigenvalue weighted by Gasteiger charge is 2.16. The van der Waals surface area contributed by atoms with Crippen LogP contribution in [0.2, 0.25) is 10.0 Å². The second-order valence-electron chi connectivity index (χ2n) is 3.98. The molecule has 0 aliphatic carbocycles. The van der Waals surface area contributed by atoms with Crippen molar-refractivity contribution in [3.8, 4) is 11.5 Å². The van der Waals surface area contributed by atoms with E-state index in [9.17, 15) is 10.1 Å². The summed E-state index contributed by atoms with van der Waals surface area (Å²) in [4.78, 5) is 10.1. The van der Waals surface area contributed by atoms with E-state index in [1.54, 1.807) is 18.2 Å². The van der Waals surface area contributed by atoms with Gasteiger partial charge in [0.1, 0.15) is 5.75 Å². The van der Waals surface area contributed by atoms with Crippen molar-refractivity contribution in [2.24, 2.45) is 0 Å². The van der Waals surface area contributed by atoms with Gasteiger partial charge in [0.05, 0.1) is 15.0 Å². The number of halogens is 4. The van der Waals surface area contributed by atoms with Gasteiger partial charge in [0.25, 0.3) is 5.69 Å². The van der Waals surface area contributed by atoms with Crippen molar-refractivity contribution in [3.63, 3.8) is 0 Å². The summed E-state index contributed by atoms with van der Waals surface area (Å²) in [5, 5.41) is 10.8. The average molecular weight is 411 g/mol. The zero-order valence-electron chi connectivity index (χ0n) is 10.3. The fourth-order valence-electron chi connectivity index (χ4n) is 1.57. The van der Waals surface area contributed by atoms with E-state index in [-0.39, 0.29) is 21.5 Å². The van der Waals surface area contributed by atoms with Crippen molar-refractivity contribution in [2.45, 2.75) is 5.88 Å². The Morgan fingerprint density at radius 3 is 2.29 bits per heavy atom. The van der Waals surface area contributed by atoms with E-state index in [2.05, 4.69) is 15.9 Å². The molecule has 0 saturated carbocycles. The Balaban J connectivity index is 2.35.